The number of unbranched alkanes of at least 4 members (excludes halogenated alkanes) is 8. The van der Waals surface area contributed by atoms with Gasteiger partial charge in [0.25, 0.3) is 0 Å². The summed E-state index contributed by atoms with van der Waals surface area (Å²) in [5.74, 6) is -0.671. The van der Waals surface area contributed by atoms with Crippen LogP contribution in [0.15, 0.2) is 24.3 Å². The standard InChI is InChI=1S/C18H32O2.C3H7NO/c1-2-3-4-5-6-7-8-9-10-11-12-13-14-15-16-17-18(19)20;1-4(2)3-5/h6-7,9-10H,2-5,8,11-17H2,1H3,(H,19,20);3H,1-2H3/b7-6-,10-9-;. The molecule has 0 aromatic heterocycles. The van der Waals surface area contributed by atoms with Gasteiger partial charge in [0.2, 0.25) is 6.41 Å². The van der Waals surface area contributed by atoms with E-state index in [0.29, 0.717) is 6.42 Å². The summed E-state index contributed by atoms with van der Waals surface area (Å²) in [4.78, 5) is 21.2. The average molecular weight is 354 g/mol. The highest BCUT2D eigenvalue weighted by molar-refractivity contribution is 5.66. The van der Waals surface area contributed by atoms with Crippen LogP contribution in [0.1, 0.15) is 84.0 Å². The van der Waals surface area contributed by atoms with Crippen molar-refractivity contribution in [3.05, 3.63) is 24.3 Å². The number of carboxylic acids is 1. The Morgan fingerprint density at radius 2 is 1.32 bits per heavy atom. The van der Waals surface area contributed by atoms with Crippen molar-refractivity contribution in [1.82, 2.24) is 4.90 Å². The summed E-state index contributed by atoms with van der Waals surface area (Å²) in [5, 5.41) is 8.50. The molecule has 4 nitrogen and oxygen atoms in total. The van der Waals surface area contributed by atoms with Gasteiger partial charge in [-0.15, -0.1) is 0 Å². The van der Waals surface area contributed by atoms with Crippen molar-refractivity contribution in [2.24, 2.45) is 0 Å². The van der Waals surface area contributed by atoms with Crippen LogP contribution in [0.4, 0.5) is 0 Å². The molecule has 0 fully saturated rings. The minimum atomic E-state index is -0.671. The van der Waals surface area contributed by atoms with Crippen LogP contribution in [0.25, 0.3) is 0 Å². The van der Waals surface area contributed by atoms with Crippen LogP contribution in [0.5, 0.6) is 0 Å². The van der Waals surface area contributed by atoms with Crippen LogP contribution < -0.4 is 0 Å². The van der Waals surface area contributed by atoms with Crippen molar-refractivity contribution in [3.8, 4) is 0 Å². The monoisotopic (exact) mass is 353 g/mol. The molecule has 0 aromatic carbocycles. The lowest BCUT2D eigenvalue weighted by atomic mass is 10.1. The van der Waals surface area contributed by atoms with Crippen LogP contribution in [0.2, 0.25) is 0 Å². The Balaban J connectivity index is 0. The third-order valence-electron chi connectivity index (χ3n) is 3.55. The van der Waals surface area contributed by atoms with E-state index in [0.717, 1.165) is 32.1 Å². The summed E-state index contributed by atoms with van der Waals surface area (Å²) in [6, 6.07) is 0. The first-order valence-electron chi connectivity index (χ1n) is 9.68. The number of carboxylic acid groups (broad SMARTS) is 1. The Labute approximate surface area is 155 Å². The quantitative estimate of drug-likeness (QED) is 0.237. The number of aliphatic carboxylic acids is 1. The lowest BCUT2D eigenvalue weighted by Crippen LogP contribution is -2.06. The first-order chi connectivity index (χ1) is 12.0. The number of carbonyl (C=O) groups is 2. The van der Waals surface area contributed by atoms with E-state index in [1.807, 2.05) is 0 Å². The van der Waals surface area contributed by atoms with E-state index in [1.165, 1.54) is 49.8 Å². The second-order valence-corrected chi connectivity index (χ2v) is 6.44. The van der Waals surface area contributed by atoms with Crippen LogP contribution in [0, 0.1) is 0 Å². The van der Waals surface area contributed by atoms with Crippen molar-refractivity contribution in [2.45, 2.75) is 84.0 Å². The highest BCUT2D eigenvalue weighted by atomic mass is 16.4. The van der Waals surface area contributed by atoms with Gasteiger partial charge in [-0.1, -0.05) is 63.3 Å². The number of nitrogens with zero attached hydrogens (tertiary/aromatic N) is 1. The van der Waals surface area contributed by atoms with Gasteiger partial charge in [-0.25, -0.2) is 0 Å². The summed E-state index contributed by atoms with van der Waals surface area (Å²) in [6.07, 6.45) is 23.0. The van der Waals surface area contributed by atoms with Crippen LogP contribution >= 0.6 is 0 Å². The number of hydrogen-bond donors (Lipinski definition) is 1. The zero-order valence-corrected chi connectivity index (χ0v) is 16.6. The molecule has 1 amide bonds. The highest BCUT2D eigenvalue weighted by Crippen LogP contribution is 2.08. The molecule has 0 atom stereocenters. The van der Waals surface area contributed by atoms with E-state index < -0.39 is 5.97 Å². The van der Waals surface area contributed by atoms with Gasteiger partial charge in [-0.3, -0.25) is 9.59 Å². The number of allylic oxidation sites excluding steroid dienone is 4. The maximum absolute atomic E-state index is 10.3. The fraction of sp³-hybridized carbons (Fsp3) is 0.714. The maximum Gasteiger partial charge on any atom is 0.303 e. The largest absolute Gasteiger partial charge is 0.481 e. The van der Waals surface area contributed by atoms with Gasteiger partial charge in [0.15, 0.2) is 0 Å². The second kappa shape index (κ2) is 22.4. The molecule has 0 bridgehead atoms. The van der Waals surface area contributed by atoms with E-state index >= 15 is 0 Å². The molecule has 0 aliphatic rings. The second-order valence-electron chi connectivity index (χ2n) is 6.44. The number of amides is 1. The van der Waals surface area contributed by atoms with Gasteiger partial charge in [0.1, 0.15) is 0 Å². The zero-order valence-electron chi connectivity index (χ0n) is 16.6. The van der Waals surface area contributed by atoms with E-state index in [9.17, 15) is 9.59 Å². The lowest BCUT2D eigenvalue weighted by Gasteiger charge is -1.98. The fourth-order valence-electron chi connectivity index (χ4n) is 2.09. The molecular weight excluding hydrogens is 314 g/mol. The van der Waals surface area contributed by atoms with Gasteiger partial charge in [0, 0.05) is 20.5 Å². The third kappa shape index (κ3) is 30.8. The molecule has 0 rings (SSSR count). The summed E-state index contributed by atoms with van der Waals surface area (Å²) in [6.45, 7) is 2.23. The molecule has 25 heavy (non-hydrogen) atoms. The minimum Gasteiger partial charge on any atom is -0.481 e. The number of rotatable bonds is 15. The fourth-order valence-corrected chi connectivity index (χ4v) is 2.09. The molecule has 0 unspecified atom stereocenters. The molecule has 0 radical (unpaired) electrons. The van der Waals surface area contributed by atoms with Gasteiger partial charge in [-0.05, 0) is 38.5 Å². The van der Waals surface area contributed by atoms with Crippen LogP contribution in [0.3, 0.4) is 0 Å². The predicted octanol–water partition coefficient (Wildman–Crippen LogP) is 5.59. The maximum atomic E-state index is 10.3. The van der Waals surface area contributed by atoms with E-state index in [4.69, 9.17) is 5.11 Å². The highest BCUT2D eigenvalue weighted by Gasteiger charge is 1.95. The number of carbonyl (C=O) groups excluding carboxylic acids is 1. The van der Waals surface area contributed by atoms with E-state index in [1.54, 1.807) is 14.1 Å². The van der Waals surface area contributed by atoms with Gasteiger partial charge in [0.05, 0.1) is 0 Å². The van der Waals surface area contributed by atoms with Crippen LogP contribution in [-0.2, 0) is 9.59 Å². The number of hydrogen-bond acceptors (Lipinski definition) is 2. The molecule has 0 heterocycles. The molecule has 0 saturated carbocycles. The molecule has 4 heteroatoms. The molecule has 0 saturated heterocycles. The summed E-state index contributed by atoms with van der Waals surface area (Å²) in [7, 11) is 3.38. The summed E-state index contributed by atoms with van der Waals surface area (Å²) >= 11 is 0. The summed E-state index contributed by atoms with van der Waals surface area (Å²) < 4.78 is 0. The summed E-state index contributed by atoms with van der Waals surface area (Å²) in [5.41, 5.74) is 0. The van der Waals surface area contributed by atoms with Gasteiger partial charge >= 0.3 is 5.97 Å². The van der Waals surface area contributed by atoms with Crippen molar-refractivity contribution in [2.75, 3.05) is 14.1 Å². The Morgan fingerprint density at radius 3 is 1.80 bits per heavy atom. The molecule has 0 spiro atoms. The molecular formula is C21H39NO3. The van der Waals surface area contributed by atoms with Gasteiger partial charge in [-0.2, -0.15) is 0 Å². The minimum absolute atomic E-state index is 0.324. The smallest absolute Gasteiger partial charge is 0.303 e. The Bertz CT molecular complexity index is 349. The Kier molecular flexibility index (Phi) is 23.0. The van der Waals surface area contributed by atoms with Crippen molar-refractivity contribution >= 4 is 12.4 Å². The normalized spacial score (nSPS) is 10.7. The van der Waals surface area contributed by atoms with Crippen molar-refractivity contribution in [3.63, 3.8) is 0 Å². The molecule has 0 aliphatic heterocycles. The molecule has 146 valence electrons. The SMILES string of the molecule is CCCCC/C=C\C/C=C\CCCCCCCC(=O)O.CN(C)C=O. The van der Waals surface area contributed by atoms with Gasteiger partial charge < -0.3 is 10.0 Å². The van der Waals surface area contributed by atoms with Crippen LogP contribution in [-0.4, -0.2) is 36.5 Å². The first-order valence-corrected chi connectivity index (χ1v) is 9.68. The Morgan fingerprint density at radius 1 is 0.840 bits per heavy atom. The van der Waals surface area contributed by atoms with Crippen molar-refractivity contribution < 1.29 is 14.7 Å². The van der Waals surface area contributed by atoms with Crippen molar-refractivity contribution in [1.29, 1.82) is 0 Å². The zero-order chi connectivity index (χ0) is 19.2. The predicted molar refractivity (Wildman–Crippen MR) is 107 cm³/mol. The Hall–Kier alpha value is -1.58. The first kappa shape index (κ1) is 25.7. The average Bonchev–Trinajstić information content (AvgIpc) is 2.58. The molecule has 0 aromatic rings. The third-order valence-corrected chi connectivity index (χ3v) is 3.55. The molecule has 1 N–H and O–H groups in total. The van der Waals surface area contributed by atoms with E-state index in [2.05, 4.69) is 31.2 Å². The lowest BCUT2D eigenvalue weighted by molar-refractivity contribution is -0.137. The topological polar surface area (TPSA) is 57.6 Å². The van der Waals surface area contributed by atoms with E-state index in [-0.39, 0.29) is 0 Å². The molecule has 0 aliphatic carbocycles.